The van der Waals surface area contributed by atoms with Gasteiger partial charge in [-0.2, -0.15) is 0 Å². The SMILES string of the molecule is COCC1(CNC(=O)c2ccc(CSc3ccccn3)cc2)CCC1. The second-order valence-corrected chi connectivity index (χ2v) is 7.62. The lowest BCUT2D eigenvalue weighted by molar-refractivity contribution is 0.0180. The quantitative estimate of drug-likeness (QED) is 0.729. The lowest BCUT2D eigenvalue weighted by Gasteiger charge is -2.41. The topological polar surface area (TPSA) is 51.2 Å². The van der Waals surface area contributed by atoms with Crippen LogP contribution in [0, 0.1) is 5.41 Å². The largest absolute Gasteiger partial charge is 0.384 e. The molecule has 3 rings (SSSR count). The Kier molecular flexibility index (Phi) is 6.10. The first-order chi connectivity index (χ1) is 12.2. The molecule has 4 nitrogen and oxygen atoms in total. The zero-order chi connectivity index (χ0) is 17.5. The average Bonchev–Trinajstić information content (AvgIpc) is 2.63. The highest BCUT2D eigenvalue weighted by molar-refractivity contribution is 7.98. The van der Waals surface area contributed by atoms with Gasteiger partial charge >= 0.3 is 0 Å². The van der Waals surface area contributed by atoms with Crippen molar-refractivity contribution in [2.24, 2.45) is 5.41 Å². The van der Waals surface area contributed by atoms with E-state index in [1.807, 2.05) is 42.5 Å². The molecular formula is C20H24N2O2S. The fourth-order valence-corrected chi connectivity index (χ4v) is 3.88. The number of rotatable bonds is 8. The van der Waals surface area contributed by atoms with Gasteiger partial charge in [-0.05, 0) is 42.7 Å². The number of thioether (sulfide) groups is 1. The van der Waals surface area contributed by atoms with Gasteiger partial charge in [0, 0.05) is 36.6 Å². The smallest absolute Gasteiger partial charge is 0.251 e. The van der Waals surface area contributed by atoms with Crippen molar-refractivity contribution < 1.29 is 9.53 Å². The maximum Gasteiger partial charge on any atom is 0.251 e. The zero-order valence-electron chi connectivity index (χ0n) is 14.5. The van der Waals surface area contributed by atoms with Crippen LogP contribution >= 0.6 is 11.8 Å². The predicted molar refractivity (Wildman–Crippen MR) is 101 cm³/mol. The summed E-state index contributed by atoms with van der Waals surface area (Å²) in [5, 5.41) is 4.08. The first-order valence-corrected chi connectivity index (χ1v) is 9.59. The van der Waals surface area contributed by atoms with Crippen LogP contribution in [-0.4, -0.2) is 31.2 Å². The van der Waals surface area contributed by atoms with Gasteiger partial charge in [-0.25, -0.2) is 4.98 Å². The van der Waals surface area contributed by atoms with Crippen molar-refractivity contribution in [3.05, 3.63) is 59.8 Å². The molecule has 1 saturated carbocycles. The molecule has 1 aromatic carbocycles. The number of hydrogen-bond donors (Lipinski definition) is 1. The lowest BCUT2D eigenvalue weighted by Crippen LogP contribution is -2.45. The molecule has 25 heavy (non-hydrogen) atoms. The van der Waals surface area contributed by atoms with Crippen molar-refractivity contribution in [3.63, 3.8) is 0 Å². The number of benzene rings is 1. The van der Waals surface area contributed by atoms with Crippen molar-refractivity contribution in [1.82, 2.24) is 10.3 Å². The molecule has 1 aliphatic carbocycles. The maximum absolute atomic E-state index is 12.4. The van der Waals surface area contributed by atoms with Crippen LogP contribution in [0.2, 0.25) is 0 Å². The van der Waals surface area contributed by atoms with Gasteiger partial charge < -0.3 is 10.1 Å². The Balaban J connectivity index is 1.50. The van der Waals surface area contributed by atoms with Crippen LogP contribution in [0.15, 0.2) is 53.7 Å². The van der Waals surface area contributed by atoms with Crippen LogP contribution in [0.4, 0.5) is 0 Å². The second kappa shape index (κ2) is 8.50. The van der Waals surface area contributed by atoms with Crippen molar-refractivity contribution in [2.45, 2.75) is 30.0 Å². The number of nitrogens with zero attached hydrogens (tertiary/aromatic N) is 1. The van der Waals surface area contributed by atoms with E-state index in [1.165, 1.54) is 12.0 Å². The fraction of sp³-hybridized carbons (Fsp3) is 0.400. The summed E-state index contributed by atoms with van der Waals surface area (Å²) in [6.07, 6.45) is 5.28. The van der Waals surface area contributed by atoms with Crippen molar-refractivity contribution in [2.75, 3.05) is 20.3 Å². The summed E-state index contributed by atoms with van der Waals surface area (Å²) in [6, 6.07) is 13.7. The molecule has 0 saturated heterocycles. The van der Waals surface area contributed by atoms with E-state index in [4.69, 9.17) is 4.74 Å². The third kappa shape index (κ3) is 4.83. The van der Waals surface area contributed by atoms with Gasteiger partial charge in [0.1, 0.15) is 0 Å². The molecule has 0 atom stereocenters. The molecule has 1 N–H and O–H groups in total. The van der Waals surface area contributed by atoms with Gasteiger partial charge in [-0.3, -0.25) is 4.79 Å². The molecule has 0 radical (unpaired) electrons. The molecule has 132 valence electrons. The number of pyridine rings is 1. The van der Waals surface area contributed by atoms with Crippen LogP contribution in [0.5, 0.6) is 0 Å². The summed E-state index contributed by atoms with van der Waals surface area (Å²) in [4.78, 5) is 16.7. The second-order valence-electron chi connectivity index (χ2n) is 6.62. The number of carbonyl (C=O) groups excluding carboxylic acids is 1. The Labute approximate surface area is 153 Å². The summed E-state index contributed by atoms with van der Waals surface area (Å²) in [7, 11) is 1.73. The number of methoxy groups -OCH3 is 1. The van der Waals surface area contributed by atoms with Gasteiger partial charge in [-0.1, -0.05) is 24.6 Å². The standard InChI is InChI=1S/C20H24N2O2S/c1-24-15-20(10-4-11-20)14-22-19(23)17-8-6-16(7-9-17)13-25-18-5-2-3-12-21-18/h2-3,5-9,12H,4,10-11,13-15H2,1H3,(H,22,23). The van der Waals surface area contributed by atoms with Gasteiger partial charge in [0.05, 0.1) is 11.6 Å². The molecule has 0 bridgehead atoms. The lowest BCUT2D eigenvalue weighted by atomic mass is 9.69. The summed E-state index contributed by atoms with van der Waals surface area (Å²) in [6.45, 7) is 1.41. The normalized spacial score (nSPS) is 15.4. The number of ether oxygens (including phenoxy) is 1. The molecule has 5 heteroatoms. The molecule has 0 spiro atoms. The first-order valence-electron chi connectivity index (χ1n) is 8.61. The maximum atomic E-state index is 12.4. The van der Waals surface area contributed by atoms with Crippen molar-refractivity contribution in [1.29, 1.82) is 0 Å². The van der Waals surface area contributed by atoms with Crippen LogP contribution in [-0.2, 0) is 10.5 Å². The molecule has 0 aliphatic heterocycles. The molecule has 0 unspecified atom stereocenters. The molecule has 1 heterocycles. The summed E-state index contributed by atoms with van der Waals surface area (Å²) >= 11 is 1.69. The monoisotopic (exact) mass is 356 g/mol. The fourth-order valence-electron chi connectivity index (χ4n) is 3.07. The number of carbonyl (C=O) groups is 1. The highest BCUT2D eigenvalue weighted by Crippen LogP contribution is 2.40. The zero-order valence-corrected chi connectivity index (χ0v) is 15.3. The van der Waals surface area contributed by atoms with E-state index in [0.29, 0.717) is 12.1 Å². The molecule has 1 fully saturated rings. The molecular weight excluding hydrogens is 332 g/mol. The highest BCUT2D eigenvalue weighted by atomic mass is 32.2. The Morgan fingerprint density at radius 1 is 1.24 bits per heavy atom. The average molecular weight is 356 g/mol. The Hall–Kier alpha value is -1.85. The molecule has 1 aromatic heterocycles. The minimum absolute atomic E-state index is 0.00805. The third-order valence-corrected chi connectivity index (χ3v) is 5.74. The number of nitrogens with one attached hydrogen (secondary N) is 1. The molecule has 2 aromatic rings. The van der Waals surface area contributed by atoms with Gasteiger partial charge in [0.15, 0.2) is 0 Å². The molecule has 1 amide bonds. The Morgan fingerprint density at radius 3 is 2.64 bits per heavy atom. The number of aromatic nitrogens is 1. The van der Waals surface area contributed by atoms with Crippen molar-refractivity contribution >= 4 is 17.7 Å². The van der Waals surface area contributed by atoms with Gasteiger partial charge in [0.25, 0.3) is 5.91 Å². The summed E-state index contributed by atoms with van der Waals surface area (Å²) < 4.78 is 5.31. The van der Waals surface area contributed by atoms with E-state index in [-0.39, 0.29) is 11.3 Å². The van der Waals surface area contributed by atoms with Crippen LogP contribution in [0.1, 0.15) is 35.2 Å². The van der Waals surface area contributed by atoms with E-state index in [9.17, 15) is 4.79 Å². The highest BCUT2D eigenvalue weighted by Gasteiger charge is 2.37. The van der Waals surface area contributed by atoms with Crippen LogP contribution < -0.4 is 5.32 Å². The number of amides is 1. The van der Waals surface area contributed by atoms with E-state index < -0.39 is 0 Å². The van der Waals surface area contributed by atoms with Crippen molar-refractivity contribution in [3.8, 4) is 0 Å². The third-order valence-electron chi connectivity index (χ3n) is 4.73. The molecule has 1 aliphatic rings. The van der Waals surface area contributed by atoms with Gasteiger partial charge in [-0.15, -0.1) is 11.8 Å². The first kappa shape index (κ1) is 18.0. The van der Waals surface area contributed by atoms with Crippen LogP contribution in [0.3, 0.4) is 0 Å². The summed E-state index contributed by atoms with van der Waals surface area (Å²) in [5.41, 5.74) is 2.03. The van der Waals surface area contributed by atoms with E-state index in [1.54, 1.807) is 25.1 Å². The minimum atomic E-state index is -0.00805. The van der Waals surface area contributed by atoms with Gasteiger partial charge in [0.2, 0.25) is 0 Å². The van der Waals surface area contributed by atoms with Crippen LogP contribution in [0.25, 0.3) is 0 Å². The van der Waals surface area contributed by atoms with E-state index in [2.05, 4.69) is 10.3 Å². The predicted octanol–water partition coefficient (Wildman–Crippen LogP) is 3.92. The van der Waals surface area contributed by atoms with E-state index in [0.717, 1.165) is 30.2 Å². The number of hydrogen-bond acceptors (Lipinski definition) is 4. The minimum Gasteiger partial charge on any atom is -0.384 e. The summed E-state index contributed by atoms with van der Waals surface area (Å²) in [5.74, 6) is 0.835. The Bertz CT molecular complexity index is 685. The van der Waals surface area contributed by atoms with E-state index >= 15 is 0 Å². The Morgan fingerprint density at radius 2 is 2.04 bits per heavy atom.